The van der Waals surface area contributed by atoms with E-state index in [0.29, 0.717) is 17.1 Å². The number of aliphatic hydroxyl groups is 1. The molecule has 0 spiro atoms. The lowest BCUT2D eigenvalue weighted by Gasteiger charge is -2.23. The van der Waals surface area contributed by atoms with Crippen LogP contribution in [0.5, 0.6) is 5.75 Å². The fourth-order valence-electron chi connectivity index (χ4n) is 4.13. The molecule has 2 aromatic carbocycles. The number of hydrogen-bond donors (Lipinski definition) is 2. The molecule has 1 atom stereocenters. The number of para-hydroxylation sites is 1. The van der Waals surface area contributed by atoms with E-state index in [1.807, 2.05) is 36.4 Å². The Hall–Kier alpha value is -4.26. The SMILES string of the molecule is COc1ccc(CN2C(=O)C(=O)/C(=C(\O)c3c[nH]c4ccccc34)C2c2ccco2)cc1. The van der Waals surface area contributed by atoms with E-state index < -0.39 is 17.7 Å². The number of carbonyl (C=O) groups excluding carboxylic acids is 2. The highest BCUT2D eigenvalue weighted by molar-refractivity contribution is 6.46. The summed E-state index contributed by atoms with van der Waals surface area (Å²) >= 11 is 0. The van der Waals surface area contributed by atoms with Gasteiger partial charge < -0.3 is 24.1 Å². The molecule has 7 heteroatoms. The van der Waals surface area contributed by atoms with Gasteiger partial charge in [-0.05, 0) is 35.9 Å². The molecule has 1 amide bonds. The van der Waals surface area contributed by atoms with E-state index in [9.17, 15) is 14.7 Å². The second-order valence-corrected chi connectivity index (χ2v) is 7.54. The molecule has 160 valence electrons. The van der Waals surface area contributed by atoms with Gasteiger partial charge in [-0.2, -0.15) is 0 Å². The van der Waals surface area contributed by atoms with E-state index in [2.05, 4.69) is 4.98 Å². The minimum absolute atomic E-state index is 0.00298. The number of H-pyrrole nitrogens is 1. The highest BCUT2D eigenvalue weighted by Gasteiger charge is 2.47. The number of benzene rings is 2. The van der Waals surface area contributed by atoms with Gasteiger partial charge in [0.25, 0.3) is 11.7 Å². The maximum absolute atomic E-state index is 13.1. The summed E-state index contributed by atoms with van der Waals surface area (Å²) in [6.07, 6.45) is 3.12. The van der Waals surface area contributed by atoms with Gasteiger partial charge in [0.15, 0.2) is 0 Å². The zero-order chi connectivity index (χ0) is 22.2. The molecule has 7 nitrogen and oxygen atoms in total. The number of likely N-dealkylation sites (tertiary alicyclic amines) is 1. The molecule has 1 aliphatic heterocycles. The number of ether oxygens (including phenoxy) is 1. The average molecular weight is 428 g/mol. The van der Waals surface area contributed by atoms with Crippen molar-refractivity contribution in [2.24, 2.45) is 0 Å². The van der Waals surface area contributed by atoms with Gasteiger partial charge >= 0.3 is 0 Å². The van der Waals surface area contributed by atoms with Crippen LogP contribution in [-0.4, -0.2) is 33.8 Å². The number of nitrogens with one attached hydrogen (secondary N) is 1. The standard InChI is InChI=1S/C25H20N2O5/c1-31-16-10-8-15(9-11-16)14-27-22(20-7-4-12-32-20)21(24(29)25(27)30)23(28)18-13-26-19-6-3-2-5-17(18)19/h2-13,22,26,28H,14H2,1H3/b23-21-. The minimum Gasteiger partial charge on any atom is -0.507 e. The molecule has 0 radical (unpaired) electrons. The predicted octanol–water partition coefficient (Wildman–Crippen LogP) is 4.39. The van der Waals surface area contributed by atoms with Crippen molar-refractivity contribution in [3.05, 3.63) is 95.6 Å². The van der Waals surface area contributed by atoms with Crippen molar-refractivity contribution in [1.29, 1.82) is 0 Å². The number of methoxy groups -OCH3 is 1. The van der Waals surface area contributed by atoms with Crippen LogP contribution in [0.1, 0.15) is 22.9 Å². The monoisotopic (exact) mass is 428 g/mol. The van der Waals surface area contributed by atoms with Crippen LogP contribution >= 0.6 is 0 Å². The van der Waals surface area contributed by atoms with Gasteiger partial charge in [-0.15, -0.1) is 0 Å². The molecule has 0 saturated carbocycles. The highest BCUT2D eigenvalue weighted by Crippen LogP contribution is 2.41. The Bertz CT molecular complexity index is 1330. The maximum atomic E-state index is 13.1. The van der Waals surface area contributed by atoms with Crippen molar-refractivity contribution in [3.8, 4) is 5.75 Å². The number of Topliss-reactive ketones (excluding diaryl/α,β-unsaturated/α-hetero) is 1. The van der Waals surface area contributed by atoms with Crippen LogP contribution < -0.4 is 4.74 Å². The van der Waals surface area contributed by atoms with Gasteiger partial charge in [0, 0.05) is 29.2 Å². The van der Waals surface area contributed by atoms with Crippen LogP contribution in [0, 0.1) is 0 Å². The first-order chi connectivity index (χ1) is 15.6. The highest BCUT2D eigenvalue weighted by atomic mass is 16.5. The Labute approximate surface area is 183 Å². The zero-order valence-electron chi connectivity index (χ0n) is 17.2. The Balaban J connectivity index is 1.62. The van der Waals surface area contributed by atoms with Crippen LogP contribution in [-0.2, 0) is 16.1 Å². The number of amides is 1. The molecular weight excluding hydrogens is 408 g/mol. The predicted molar refractivity (Wildman–Crippen MR) is 118 cm³/mol. The molecule has 0 aliphatic carbocycles. The largest absolute Gasteiger partial charge is 0.507 e. The van der Waals surface area contributed by atoms with Crippen LogP contribution in [0.4, 0.5) is 0 Å². The van der Waals surface area contributed by atoms with E-state index >= 15 is 0 Å². The molecule has 2 N–H and O–H groups in total. The third kappa shape index (κ3) is 3.15. The fraction of sp³-hybridized carbons (Fsp3) is 0.120. The van der Waals surface area contributed by atoms with E-state index in [4.69, 9.17) is 9.15 Å². The van der Waals surface area contributed by atoms with Crippen LogP contribution in [0.25, 0.3) is 16.7 Å². The van der Waals surface area contributed by atoms with Gasteiger partial charge in [0.05, 0.1) is 18.9 Å². The number of nitrogens with zero attached hydrogens (tertiary/aromatic N) is 1. The maximum Gasteiger partial charge on any atom is 0.296 e. The molecule has 32 heavy (non-hydrogen) atoms. The Morgan fingerprint density at radius 2 is 1.88 bits per heavy atom. The number of furan rings is 1. The number of hydrogen-bond acceptors (Lipinski definition) is 5. The lowest BCUT2D eigenvalue weighted by molar-refractivity contribution is -0.140. The van der Waals surface area contributed by atoms with Crippen molar-refractivity contribution in [1.82, 2.24) is 9.88 Å². The van der Waals surface area contributed by atoms with Crippen molar-refractivity contribution < 1.29 is 23.8 Å². The minimum atomic E-state index is -0.847. The molecule has 1 unspecified atom stereocenters. The van der Waals surface area contributed by atoms with Gasteiger partial charge in [0.1, 0.15) is 23.3 Å². The summed E-state index contributed by atoms with van der Waals surface area (Å²) in [6.45, 7) is 0.171. The summed E-state index contributed by atoms with van der Waals surface area (Å²) in [6, 6.07) is 17.2. The van der Waals surface area contributed by atoms with Gasteiger partial charge in [-0.25, -0.2) is 0 Å². The average Bonchev–Trinajstić information content (AvgIpc) is 3.55. The third-order valence-electron chi connectivity index (χ3n) is 5.71. The summed E-state index contributed by atoms with van der Waals surface area (Å²) in [7, 11) is 1.58. The number of carbonyl (C=O) groups is 2. The number of fused-ring (bicyclic) bond motifs is 1. The molecule has 1 fully saturated rings. The smallest absolute Gasteiger partial charge is 0.296 e. The van der Waals surface area contributed by atoms with Gasteiger partial charge in [-0.1, -0.05) is 30.3 Å². The van der Waals surface area contributed by atoms with Gasteiger partial charge in [0.2, 0.25) is 0 Å². The Morgan fingerprint density at radius 3 is 2.59 bits per heavy atom. The fourth-order valence-corrected chi connectivity index (χ4v) is 4.13. The second-order valence-electron chi connectivity index (χ2n) is 7.54. The van der Waals surface area contributed by atoms with Crippen molar-refractivity contribution in [3.63, 3.8) is 0 Å². The summed E-state index contributed by atoms with van der Waals surface area (Å²) in [5.41, 5.74) is 2.09. The molecule has 1 aliphatic rings. The molecule has 2 aromatic heterocycles. The number of aliphatic hydroxyl groups excluding tert-OH is 1. The summed E-state index contributed by atoms with van der Waals surface area (Å²) in [5, 5.41) is 12.0. The number of rotatable bonds is 5. The topological polar surface area (TPSA) is 95.8 Å². The lowest BCUT2D eigenvalue weighted by atomic mass is 9.99. The van der Waals surface area contributed by atoms with Crippen LogP contribution in [0.2, 0.25) is 0 Å². The van der Waals surface area contributed by atoms with Crippen molar-refractivity contribution in [2.75, 3.05) is 7.11 Å². The Kier molecular flexibility index (Phi) is 4.78. The number of ketones is 1. The summed E-state index contributed by atoms with van der Waals surface area (Å²) < 4.78 is 10.8. The Morgan fingerprint density at radius 1 is 1.09 bits per heavy atom. The van der Waals surface area contributed by atoms with E-state index in [0.717, 1.165) is 16.5 Å². The van der Waals surface area contributed by atoms with E-state index in [-0.39, 0.29) is 17.9 Å². The van der Waals surface area contributed by atoms with Crippen LogP contribution in [0.3, 0.4) is 0 Å². The van der Waals surface area contributed by atoms with Gasteiger partial charge in [-0.3, -0.25) is 9.59 Å². The van der Waals surface area contributed by atoms with Crippen molar-refractivity contribution in [2.45, 2.75) is 12.6 Å². The molecule has 1 saturated heterocycles. The lowest BCUT2D eigenvalue weighted by Crippen LogP contribution is -2.29. The number of aromatic amines is 1. The molecule has 4 aromatic rings. The number of aromatic nitrogens is 1. The van der Waals surface area contributed by atoms with Crippen molar-refractivity contribution >= 4 is 28.4 Å². The first-order valence-corrected chi connectivity index (χ1v) is 10.1. The quantitative estimate of drug-likeness (QED) is 0.279. The molecule has 3 heterocycles. The molecule has 5 rings (SSSR count). The van der Waals surface area contributed by atoms with E-state index in [1.54, 1.807) is 37.6 Å². The second kappa shape index (κ2) is 7.77. The summed E-state index contributed by atoms with van der Waals surface area (Å²) in [5.74, 6) is -0.581. The van der Waals surface area contributed by atoms with Crippen LogP contribution in [0.15, 0.2) is 83.1 Å². The first-order valence-electron chi connectivity index (χ1n) is 10.1. The summed E-state index contributed by atoms with van der Waals surface area (Å²) in [4.78, 5) is 30.7. The third-order valence-corrected chi connectivity index (χ3v) is 5.71. The first kappa shape index (κ1) is 19.7. The molecule has 0 bridgehead atoms. The zero-order valence-corrected chi connectivity index (χ0v) is 17.2. The normalized spacial score (nSPS) is 17.9. The molecular formula is C25H20N2O5. The van der Waals surface area contributed by atoms with E-state index in [1.165, 1.54) is 11.2 Å².